The summed E-state index contributed by atoms with van der Waals surface area (Å²) in [6, 6.07) is 0. The maximum absolute atomic E-state index is 11.6. The van der Waals surface area contributed by atoms with Crippen LogP contribution in [0.4, 0.5) is 0 Å². The highest BCUT2D eigenvalue weighted by Crippen LogP contribution is 2.36. The van der Waals surface area contributed by atoms with Crippen molar-refractivity contribution in [2.45, 2.75) is 44.8 Å². The van der Waals surface area contributed by atoms with Crippen molar-refractivity contribution < 1.29 is 18.3 Å². The van der Waals surface area contributed by atoms with Crippen molar-refractivity contribution in [1.82, 2.24) is 4.72 Å². The topological polar surface area (TPSA) is 83.5 Å². The maximum Gasteiger partial charge on any atom is 0.323 e. The van der Waals surface area contributed by atoms with E-state index in [0.29, 0.717) is 6.54 Å². The van der Waals surface area contributed by atoms with E-state index in [1.165, 1.54) is 6.92 Å². The van der Waals surface area contributed by atoms with Crippen LogP contribution in [0.25, 0.3) is 0 Å². The molecule has 1 unspecified atom stereocenters. The predicted molar refractivity (Wildman–Crippen MR) is 60.6 cm³/mol. The van der Waals surface area contributed by atoms with Crippen molar-refractivity contribution in [2.75, 3.05) is 6.54 Å². The van der Waals surface area contributed by atoms with Gasteiger partial charge in [-0.2, -0.15) is 0 Å². The van der Waals surface area contributed by atoms with Gasteiger partial charge in [-0.1, -0.05) is 19.8 Å². The third-order valence-corrected chi connectivity index (χ3v) is 5.00. The molecular weight excluding hydrogens is 230 g/mol. The number of carboxylic acids is 1. The van der Waals surface area contributed by atoms with Gasteiger partial charge in [-0.25, -0.2) is 13.1 Å². The SMILES string of the molecule is CC(C(=O)O)S(=O)(=O)NCC1(C)CCCC1. The van der Waals surface area contributed by atoms with E-state index in [2.05, 4.69) is 4.72 Å². The molecule has 1 aliphatic carbocycles. The second-order valence-electron chi connectivity index (χ2n) is 4.86. The second kappa shape index (κ2) is 4.71. The molecule has 1 aliphatic rings. The molecule has 0 aromatic rings. The number of hydrogen-bond acceptors (Lipinski definition) is 3. The summed E-state index contributed by atoms with van der Waals surface area (Å²) in [5, 5.41) is 7.26. The smallest absolute Gasteiger partial charge is 0.323 e. The van der Waals surface area contributed by atoms with Crippen LogP contribution in [0.15, 0.2) is 0 Å². The lowest BCUT2D eigenvalue weighted by atomic mass is 9.89. The Morgan fingerprint density at radius 2 is 1.94 bits per heavy atom. The summed E-state index contributed by atoms with van der Waals surface area (Å²) < 4.78 is 25.6. The van der Waals surface area contributed by atoms with Gasteiger partial charge >= 0.3 is 5.97 Å². The van der Waals surface area contributed by atoms with Crippen LogP contribution in [0, 0.1) is 5.41 Å². The van der Waals surface area contributed by atoms with Crippen LogP contribution in [0.2, 0.25) is 0 Å². The first-order valence-electron chi connectivity index (χ1n) is 5.48. The van der Waals surface area contributed by atoms with E-state index in [1.54, 1.807) is 0 Å². The fourth-order valence-corrected chi connectivity index (χ4v) is 3.00. The Bertz CT molecular complexity index is 357. The lowest BCUT2D eigenvalue weighted by Crippen LogP contribution is -2.41. The Kier molecular flexibility index (Phi) is 3.96. The molecule has 1 atom stereocenters. The van der Waals surface area contributed by atoms with E-state index in [4.69, 9.17) is 5.11 Å². The Labute approximate surface area is 96.3 Å². The van der Waals surface area contributed by atoms with Crippen molar-refractivity contribution in [3.8, 4) is 0 Å². The van der Waals surface area contributed by atoms with Crippen LogP contribution >= 0.6 is 0 Å². The van der Waals surface area contributed by atoms with E-state index < -0.39 is 21.2 Å². The first-order valence-corrected chi connectivity index (χ1v) is 7.03. The largest absolute Gasteiger partial charge is 0.480 e. The summed E-state index contributed by atoms with van der Waals surface area (Å²) in [5.41, 5.74) is -0.00864. The Morgan fingerprint density at radius 3 is 2.38 bits per heavy atom. The van der Waals surface area contributed by atoms with Gasteiger partial charge < -0.3 is 5.11 Å². The van der Waals surface area contributed by atoms with Gasteiger partial charge in [0.15, 0.2) is 5.25 Å². The Morgan fingerprint density at radius 1 is 1.44 bits per heavy atom. The van der Waals surface area contributed by atoms with Gasteiger partial charge in [-0.05, 0) is 25.2 Å². The second-order valence-corrected chi connectivity index (χ2v) is 6.95. The summed E-state index contributed by atoms with van der Waals surface area (Å²) in [4.78, 5) is 10.6. The van der Waals surface area contributed by atoms with Crippen molar-refractivity contribution in [3.63, 3.8) is 0 Å². The first-order chi connectivity index (χ1) is 7.27. The fourth-order valence-electron chi connectivity index (χ4n) is 1.94. The van der Waals surface area contributed by atoms with Gasteiger partial charge in [0.1, 0.15) is 0 Å². The highest BCUT2D eigenvalue weighted by molar-refractivity contribution is 7.90. The molecule has 1 saturated carbocycles. The van der Waals surface area contributed by atoms with Gasteiger partial charge in [0.2, 0.25) is 10.0 Å². The van der Waals surface area contributed by atoms with Gasteiger partial charge in [0.05, 0.1) is 0 Å². The Balaban J connectivity index is 2.57. The van der Waals surface area contributed by atoms with E-state index in [-0.39, 0.29) is 5.41 Å². The lowest BCUT2D eigenvalue weighted by Gasteiger charge is -2.24. The first kappa shape index (κ1) is 13.4. The summed E-state index contributed by atoms with van der Waals surface area (Å²) >= 11 is 0. The summed E-state index contributed by atoms with van der Waals surface area (Å²) in [6.07, 6.45) is 4.23. The molecule has 1 fully saturated rings. The zero-order chi connectivity index (χ0) is 12.4. The minimum atomic E-state index is -3.73. The number of carboxylic acid groups (broad SMARTS) is 1. The lowest BCUT2D eigenvalue weighted by molar-refractivity contribution is -0.136. The van der Waals surface area contributed by atoms with Crippen LogP contribution < -0.4 is 4.72 Å². The van der Waals surface area contributed by atoms with Crippen molar-refractivity contribution in [3.05, 3.63) is 0 Å². The number of sulfonamides is 1. The quantitative estimate of drug-likeness (QED) is 0.760. The van der Waals surface area contributed by atoms with Crippen molar-refractivity contribution >= 4 is 16.0 Å². The molecule has 0 aromatic heterocycles. The minimum absolute atomic E-state index is 0.00864. The number of carbonyl (C=O) groups is 1. The normalized spacial score (nSPS) is 21.9. The molecule has 16 heavy (non-hydrogen) atoms. The number of nitrogens with one attached hydrogen (secondary N) is 1. The molecule has 1 rings (SSSR count). The summed E-state index contributed by atoms with van der Waals surface area (Å²) in [7, 11) is -3.73. The Hall–Kier alpha value is -0.620. The zero-order valence-electron chi connectivity index (χ0n) is 9.69. The van der Waals surface area contributed by atoms with Crippen LogP contribution in [-0.4, -0.2) is 31.3 Å². The summed E-state index contributed by atoms with van der Waals surface area (Å²) in [5.74, 6) is -1.32. The molecule has 6 heteroatoms. The van der Waals surface area contributed by atoms with Gasteiger partial charge in [0.25, 0.3) is 0 Å². The fraction of sp³-hybridized carbons (Fsp3) is 0.900. The molecule has 0 radical (unpaired) electrons. The number of aliphatic carboxylic acids is 1. The van der Waals surface area contributed by atoms with Gasteiger partial charge in [0, 0.05) is 6.54 Å². The minimum Gasteiger partial charge on any atom is -0.480 e. The van der Waals surface area contributed by atoms with E-state index >= 15 is 0 Å². The number of rotatable bonds is 5. The molecule has 5 nitrogen and oxygen atoms in total. The zero-order valence-corrected chi connectivity index (χ0v) is 10.5. The predicted octanol–water partition coefficient (Wildman–Crippen LogP) is 0.959. The van der Waals surface area contributed by atoms with Crippen LogP contribution in [0.5, 0.6) is 0 Å². The molecule has 2 N–H and O–H groups in total. The van der Waals surface area contributed by atoms with E-state index in [1.807, 2.05) is 6.92 Å². The third-order valence-electron chi connectivity index (χ3n) is 3.32. The highest BCUT2D eigenvalue weighted by atomic mass is 32.2. The molecule has 0 bridgehead atoms. The molecule has 94 valence electrons. The van der Waals surface area contributed by atoms with Gasteiger partial charge in [-0.15, -0.1) is 0 Å². The molecule has 0 amide bonds. The third kappa shape index (κ3) is 3.18. The van der Waals surface area contributed by atoms with E-state index in [9.17, 15) is 13.2 Å². The standard InChI is InChI=1S/C10H19NO4S/c1-8(9(12)13)16(14,15)11-7-10(2)5-3-4-6-10/h8,11H,3-7H2,1-2H3,(H,12,13). The van der Waals surface area contributed by atoms with Crippen molar-refractivity contribution in [2.24, 2.45) is 5.41 Å². The molecular formula is C10H19NO4S. The van der Waals surface area contributed by atoms with Crippen LogP contribution in [0.1, 0.15) is 39.5 Å². The highest BCUT2D eigenvalue weighted by Gasteiger charge is 2.33. The number of hydrogen-bond donors (Lipinski definition) is 2. The monoisotopic (exact) mass is 249 g/mol. The molecule has 0 aliphatic heterocycles. The molecule has 0 saturated heterocycles. The molecule has 0 aromatic carbocycles. The van der Waals surface area contributed by atoms with Crippen LogP contribution in [0.3, 0.4) is 0 Å². The van der Waals surface area contributed by atoms with Crippen molar-refractivity contribution in [1.29, 1.82) is 0 Å². The van der Waals surface area contributed by atoms with E-state index in [0.717, 1.165) is 25.7 Å². The molecule has 0 heterocycles. The summed E-state index contributed by atoms with van der Waals surface area (Å²) in [6.45, 7) is 3.56. The maximum atomic E-state index is 11.6. The average molecular weight is 249 g/mol. The van der Waals surface area contributed by atoms with Crippen LogP contribution in [-0.2, 0) is 14.8 Å². The molecule has 0 spiro atoms. The average Bonchev–Trinajstić information content (AvgIpc) is 2.62. The van der Waals surface area contributed by atoms with Gasteiger partial charge in [-0.3, -0.25) is 4.79 Å².